The molecule has 0 saturated carbocycles. The third-order valence-electron chi connectivity index (χ3n) is 2.90. The molecule has 2 amide bonds. The Morgan fingerprint density at radius 2 is 1.72 bits per heavy atom. The van der Waals surface area contributed by atoms with E-state index in [4.69, 9.17) is 23.2 Å². The van der Waals surface area contributed by atoms with E-state index < -0.39 is 16.7 Å². The maximum Gasteiger partial charge on any atom is 0.270 e. The molecule has 0 aromatic heterocycles. The van der Waals surface area contributed by atoms with Gasteiger partial charge in [0.25, 0.3) is 11.6 Å². The van der Waals surface area contributed by atoms with Crippen LogP contribution in [0.25, 0.3) is 0 Å². The summed E-state index contributed by atoms with van der Waals surface area (Å²) in [6, 6.07) is 10.1. The van der Waals surface area contributed by atoms with E-state index in [1.807, 2.05) is 0 Å². The molecule has 2 aromatic carbocycles. The number of rotatable bonds is 5. The third kappa shape index (κ3) is 5.35. The predicted octanol–water partition coefficient (Wildman–Crippen LogP) is 3.45. The first-order valence-corrected chi connectivity index (χ1v) is 8.53. The quantitative estimate of drug-likeness (QED) is 0.455. The molecule has 10 heteroatoms. The number of hydrazine groups is 1. The fourth-order valence-corrected chi connectivity index (χ4v) is 3.24. The van der Waals surface area contributed by atoms with Crippen molar-refractivity contribution in [1.29, 1.82) is 0 Å². The molecule has 2 rings (SSSR count). The summed E-state index contributed by atoms with van der Waals surface area (Å²) in [5.41, 5.74) is 4.25. The van der Waals surface area contributed by atoms with Gasteiger partial charge in [-0.3, -0.25) is 30.6 Å². The molecule has 0 aliphatic heterocycles. The molecule has 7 nitrogen and oxygen atoms in total. The van der Waals surface area contributed by atoms with E-state index in [-0.39, 0.29) is 17.0 Å². The van der Waals surface area contributed by atoms with Crippen molar-refractivity contribution in [3.05, 3.63) is 68.2 Å². The Morgan fingerprint density at radius 3 is 2.36 bits per heavy atom. The number of nitro benzene ring substituents is 1. The summed E-state index contributed by atoms with van der Waals surface area (Å²) in [5, 5.41) is 11.5. The Labute approximate surface area is 156 Å². The Balaban J connectivity index is 1.88. The molecule has 0 fully saturated rings. The van der Waals surface area contributed by atoms with Gasteiger partial charge in [0.2, 0.25) is 5.91 Å². The molecule has 0 saturated heterocycles. The minimum atomic E-state index is -0.669. The minimum absolute atomic E-state index is 0.0291. The van der Waals surface area contributed by atoms with E-state index in [2.05, 4.69) is 10.9 Å². The molecule has 2 N–H and O–H groups in total. The van der Waals surface area contributed by atoms with Crippen LogP contribution in [0.2, 0.25) is 10.0 Å². The van der Waals surface area contributed by atoms with Gasteiger partial charge in [0.1, 0.15) is 0 Å². The number of nitro groups is 1. The fourth-order valence-electron chi connectivity index (χ4n) is 1.75. The number of carbonyl (C=O) groups excluding carboxylic acids is 2. The number of halogens is 2. The normalized spacial score (nSPS) is 10.2. The molecule has 0 spiro atoms. The molecule has 25 heavy (non-hydrogen) atoms. The second kappa shape index (κ2) is 8.70. The number of carbonyl (C=O) groups is 2. The van der Waals surface area contributed by atoms with E-state index >= 15 is 0 Å². The summed E-state index contributed by atoms with van der Waals surface area (Å²) in [7, 11) is 0. The van der Waals surface area contributed by atoms with E-state index in [0.29, 0.717) is 14.9 Å². The van der Waals surface area contributed by atoms with Crippen LogP contribution >= 0.6 is 35.0 Å². The molecule has 130 valence electrons. The lowest BCUT2D eigenvalue weighted by Gasteiger charge is -2.08. The van der Waals surface area contributed by atoms with Gasteiger partial charge in [-0.25, -0.2) is 0 Å². The van der Waals surface area contributed by atoms with Gasteiger partial charge >= 0.3 is 0 Å². The van der Waals surface area contributed by atoms with Gasteiger partial charge in [-0.1, -0.05) is 35.3 Å². The molecule has 0 bridgehead atoms. The molecular formula is C15H11Cl2N3O4S. The smallest absolute Gasteiger partial charge is 0.270 e. The van der Waals surface area contributed by atoms with Gasteiger partial charge in [0.15, 0.2) is 0 Å². The summed E-state index contributed by atoms with van der Waals surface area (Å²) in [5.74, 6) is -1.18. The minimum Gasteiger partial charge on any atom is -0.272 e. The largest absolute Gasteiger partial charge is 0.272 e. The zero-order valence-electron chi connectivity index (χ0n) is 12.5. The summed E-state index contributed by atoms with van der Waals surface area (Å²) < 4.78 is 0. The summed E-state index contributed by atoms with van der Waals surface area (Å²) in [6.45, 7) is 0. The van der Waals surface area contributed by atoms with Gasteiger partial charge in [-0.2, -0.15) is 0 Å². The lowest BCUT2D eigenvalue weighted by molar-refractivity contribution is -0.384. The lowest BCUT2D eigenvalue weighted by atomic mass is 10.2. The molecule has 0 radical (unpaired) electrons. The van der Waals surface area contributed by atoms with Crippen LogP contribution in [0.4, 0.5) is 5.69 Å². The van der Waals surface area contributed by atoms with Crippen LogP contribution < -0.4 is 10.9 Å². The van der Waals surface area contributed by atoms with Crippen LogP contribution in [-0.4, -0.2) is 22.5 Å². The van der Waals surface area contributed by atoms with Crippen molar-refractivity contribution in [3.63, 3.8) is 0 Å². The first-order valence-electron chi connectivity index (χ1n) is 6.79. The SMILES string of the molecule is O=C(CSc1c(Cl)cccc1Cl)NNC(=O)c1cccc([N+](=O)[O-])c1. The molecule has 2 aromatic rings. The molecule has 0 heterocycles. The lowest BCUT2D eigenvalue weighted by Crippen LogP contribution is -2.42. The van der Waals surface area contributed by atoms with Gasteiger partial charge in [0.05, 0.1) is 20.7 Å². The standard InChI is InChI=1S/C15H11Cl2N3O4S/c16-11-5-2-6-12(17)14(11)25-8-13(21)18-19-15(22)9-3-1-4-10(7-9)20(23)24/h1-7H,8H2,(H,18,21)(H,19,22). The van der Waals surface area contributed by atoms with Crippen LogP contribution in [0.15, 0.2) is 47.4 Å². The van der Waals surface area contributed by atoms with Gasteiger partial charge in [0, 0.05) is 22.6 Å². The Bertz CT molecular complexity index is 812. The Morgan fingerprint density at radius 1 is 1.08 bits per heavy atom. The highest BCUT2D eigenvalue weighted by molar-refractivity contribution is 8.00. The van der Waals surface area contributed by atoms with Crippen LogP contribution in [0, 0.1) is 10.1 Å². The highest BCUT2D eigenvalue weighted by Crippen LogP contribution is 2.33. The monoisotopic (exact) mass is 399 g/mol. The van der Waals surface area contributed by atoms with E-state index in [0.717, 1.165) is 17.8 Å². The van der Waals surface area contributed by atoms with Crippen molar-refractivity contribution < 1.29 is 14.5 Å². The molecule has 0 unspecified atom stereocenters. The molecule has 0 aliphatic rings. The van der Waals surface area contributed by atoms with Crippen molar-refractivity contribution in [2.75, 3.05) is 5.75 Å². The van der Waals surface area contributed by atoms with Crippen LogP contribution in [0.5, 0.6) is 0 Å². The molecular weight excluding hydrogens is 389 g/mol. The van der Waals surface area contributed by atoms with Crippen molar-refractivity contribution in [2.24, 2.45) is 0 Å². The Kier molecular flexibility index (Phi) is 6.63. The van der Waals surface area contributed by atoms with E-state index in [9.17, 15) is 19.7 Å². The van der Waals surface area contributed by atoms with E-state index in [1.165, 1.54) is 18.2 Å². The third-order valence-corrected chi connectivity index (χ3v) is 4.89. The highest BCUT2D eigenvalue weighted by Gasteiger charge is 2.13. The number of thioether (sulfide) groups is 1. The fraction of sp³-hybridized carbons (Fsp3) is 0.0667. The van der Waals surface area contributed by atoms with E-state index in [1.54, 1.807) is 18.2 Å². The predicted molar refractivity (Wildman–Crippen MR) is 95.9 cm³/mol. The first-order chi connectivity index (χ1) is 11.9. The second-order valence-electron chi connectivity index (χ2n) is 4.65. The van der Waals surface area contributed by atoms with Crippen molar-refractivity contribution in [3.8, 4) is 0 Å². The first kappa shape index (κ1) is 19.0. The molecule has 0 aliphatic carbocycles. The van der Waals surface area contributed by atoms with Crippen molar-refractivity contribution in [2.45, 2.75) is 4.90 Å². The number of nitrogens with one attached hydrogen (secondary N) is 2. The van der Waals surface area contributed by atoms with Gasteiger partial charge < -0.3 is 0 Å². The van der Waals surface area contributed by atoms with Crippen molar-refractivity contribution >= 4 is 52.5 Å². The summed E-state index contributed by atoms with van der Waals surface area (Å²) >= 11 is 13.1. The maximum atomic E-state index is 11.9. The number of benzene rings is 2. The molecule has 0 atom stereocenters. The van der Waals surface area contributed by atoms with Crippen molar-refractivity contribution in [1.82, 2.24) is 10.9 Å². The average Bonchev–Trinajstić information content (AvgIpc) is 2.59. The van der Waals surface area contributed by atoms with Crippen LogP contribution in [0.3, 0.4) is 0 Å². The number of hydrogen-bond acceptors (Lipinski definition) is 5. The summed E-state index contributed by atoms with van der Waals surface area (Å²) in [6.07, 6.45) is 0. The van der Waals surface area contributed by atoms with Crippen LogP contribution in [0.1, 0.15) is 10.4 Å². The summed E-state index contributed by atoms with van der Waals surface area (Å²) in [4.78, 5) is 34.4. The van der Waals surface area contributed by atoms with Gasteiger partial charge in [-0.15, -0.1) is 11.8 Å². The number of nitrogens with zero attached hydrogens (tertiary/aromatic N) is 1. The van der Waals surface area contributed by atoms with Crippen LogP contribution in [-0.2, 0) is 4.79 Å². The second-order valence-corrected chi connectivity index (χ2v) is 6.45. The number of non-ortho nitro benzene ring substituents is 1. The van der Waals surface area contributed by atoms with Gasteiger partial charge in [-0.05, 0) is 18.2 Å². The number of amides is 2. The Hall–Kier alpha value is -2.29. The zero-order chi connectivity index (χ0) is 18.4. The number of hydrogen-bond donors (Lipinski definition) is 2. The zero-order valence-corrected chi connectivity index (χ0v) is 14.8. The topological polar surface area (TPSA) is 101 Å². The average molecular weight is 400 g/mol. The maximum absolute atomic E-state index is 11.9. The highest BCUT2D eigenvalue weighted by atomic mass is 35.5.